The fourth-order valence-electron chi connectivity index (χ4n) is 3.90. The molecule has 1 fully saturated rings. The highest BCUT2D eigenvalue weighted by molar-refractivity contribution is 7.92. The second-order valence-electron chi connectivity index (χ2n) is 8.51. The lowest BCUT2D eigenvalue weighted by Crippen LogP contribution is -2.45. The number of carbonyl (C=O) groups excluding carboxylic acids is 1. The summed E-state index contributed by atoms with van der Waals surface area (Å²) >= 11 is 0. The summed E-state index contributed by atoms with van der Waals surface area (Å²) in [5.41, 5.74) is 2.62. The Morgan fingerprint density at radius 2 is 1.48 bits per heavy atom. The van der Waals surface area contributed by atoms with E-state index in [1.807, 2.05) is 33.0 Å². The summed E-state index contributed by atoms with van der Waals surface area (Å²) < 4.78 is 28.2. The molecule has 1 saturated heterocycles. The number of carbonyl (C=O) groups is 1. The molecule has 0 unspecified atom stereocenters. The molecule has 7 heteroatoms. The minimum atomic E-state index is -3.78. The predicted octanol–water partition coefficient (Wildman–Crippen LogP) is 3.44. The Kier molecular flexibility index (Phi) is 7.38. The van der Waals surface area contributed by atoms with E-state index in [4.69, 9.17) is 0 Å². The molecule has 0 N–H and O–H groups in total. The van der Waals surface area contributed by atoms with Gasteiger partial charge < -0.3 is 9.80 Å². The van der Waals surface area contributed by atoms with Crippen molar-refractivity contribution in [3.8, 4) is 0 Å². The first kappa shape index (κ1) is 23.3. The second kappa shape index (κ2) is 9.83. The van der Waals surface area contributed by atoms with Gasteiger partial charge in [-0.1, -0.05) is 35.4 Å². The Morgan fingerprint density at radius 3 is 2.03 bits per heavy atom. The number of hydrogen-bond donors (Lipinski definition) is 0. The predicted molar refractivity (Wildman–Crippen MR) is 125 cm³/mol. The smallest absolute Gasteiger partial charge is 0.264 e. The lowest BCUT2D eigenvalue weighted by molar-refractivity contribution is -0.132. The number of aryl methyl sites for hydroxylation is 2. The summed E-state index contributed by atoms with van der Waals surface area (Å²) in [6, 6.07) is 14.4. The molecule has 0 aliphatic carbocycles. The molecule has 168 valence electrons. The van der Waals surface area contributed by atoms with Crippen LogP contribution in [0.25, 0.3) is 0 Å². The molecule has 0 spiro atoms. The minimum Gasteiger partial charge on any atom is -0.343 e. The Bertz CT molecular complexity index is 980. The summed E-state index contributed by atoms with van der Waals surface area (Å²) in [6.07, 6.45) is 2.03. The highest BCUT2D eigenvalue weighted by atomic mass is 32.2. The summed E-state index contributed by atoms with van der Waals surface area (Å²) in [5.74, 6) is -0.0224. The van der Waals surface area contributed by atoms with Gasteiger partial charge in [-0.05, 0) is 71.1 Å². The van der Waals surface area contributed by atoms with Crippen molar-refractivity contribution in [2.24, 2.45) is 0 Å². The van der Waals surface area contributed by atoms with Gasteiger partial charge in [0.15, 0.2) is 0 Å². The average molecular weight is 444 g/mol. The summed E-state index contributed by atoms with van der Waals surface area (Å²) in [6.45, 7) is 5.93. The third-order valence-corrected chi connectivity index (χ3v) is 7.93. The zero-order chi connectivity index (χ0) is 22.6. The van der Waals surface area contributed by atoms with E-state index >= 15 is 0 Å². The van der Waals surface area contributed by atoms with Crippen molar-refractivity contribution < 1.29 is 13.2 Å². The highest BCUT2D eigenvalue weighted by Gasteiger charge is 2.28. The molecule has 1 aliphatic rings. The van der Waals surface area contributed by atoms with Crippen molar-refractivity contribution in [2.75, 3.05) is 38.0 Å². The van der Waals surface area contributed by atoms with Crippen molar-refractivity contribution in [3.05, 3.63) is 59.7 Å². The zero-order valence-electron chi connectivity index (χ0n) is 18.9. The fourth-order valence-corrected chi connectivity index (χ4v) is 5.36. The molecule has 0 aromatic heterocycles. The Morgan fingerprint density at radius 1 is 0.968 bits per heavy atom. The van der Waals surface area contributed by atoms with Gasteiger partial charge in [0, 0.05) is 26.1 Å². The van der Waals surface area contributed by atoms with Gasteiger partial charge in [-0.3, -0.25) is 9.10 Å². The molecule has 6 nitrogen and oxygen atoms in total. The van der Waals surface area contributed by atoms with Gasteiger partial charge >= 0.3 is 0 Å². The first-order valence-corrected chi connectivity index (χ1v) is 12.2. The summed E-state index contributed by atoms with van der Waals surface area (Å²) in [5, 5.41) is 0. The first-order valence-electron chi connectivity index (χ1n) is 10.8. The molecule has 0 radical (unpaired) electrons. The van der Waals surface area contributed by atoms with Gasteiger partial charge in [-0.2, -0.15) is 0 Å². The standard InChI is InChI=1S/C24H33N3O3S/c1-19-5-9-22(10-6-19)27(31(29,30)23-11-7-20(2)8-12-23)18-15-24(28)26(4)21-13-16-25(3)17-14-21/h5-12,21H,13-18H2,1-4H3. The number of piperidine rings is 1. The lowest BCUT2D eigenvalue weighted by atomic mass is 10.0. The van der Waals surface area contributed by atoms with E-state index in [0.29, 0.717) is 5.69 Å². The van der Waals surface area contributed by atoms with E-state index in [1.54, 1.807) is 41.3 Å². The number of benzene rings is 2. The Balaban J connectivity index is 1.79. The third kappa shape index (κ3) is 5.66. The van der Waals surface area contributed by atoms with E-state index in [9.17, 15) is 13.2 Å². The maximum atomic E-state index is 13.4. The molecule has 2 aromatic rings. The topological polar surface area (TPSA) is 60.9 Å². The van der Waals surface area contributed by atoms with Crippen LogP contribution >= 0.6 is 0 Å². The van der Waals surface area contributed by atoms with Gasteiger partial charge in [0.25, 0.3) is 10.0 Å². The Hall–Kier alpha value is -2.38. The van der Waals surface area contributed by atoms with Crippen LogP contribution in [0.15, 0.2) is 53.4 Å². The molecule has 0 saturated carbocycles. The van der Waals surface area contributed by atoms with E-state index in [2.05, 4.69) is 11.9 Å². The molecule has 1 heterocycles. The van der Waals surface area contributed by atoms with Crippen molar-refractivity contribution in [1.82, 2.24) is 9.80 Å². The number of anilines is 1. The number of amides is 1. The van der Waals surface area contributed by atoms with Crippen LogP contribution in [0.3, 0.4) is 0 Å². The van der Waals surface area contributed by atoms with Gasteiger partial charge in [-0.15, -0.1) is 0 Å². The Labute approximate surface area is 186 Å². The first-order chi connectivity index (χ1) is 14.7. The van der Waals surface area contributed by atoms with Crippen LogP contribution < -0.4 is 4.31 Å². The van der Waals surface area contributed by atoms with E-state index in [0.717, 1.165) is 37.1 Å². The number of sulfonamides is 1. The van der Waals surface area contributed by atoms with Crippen molar-refractivity contribution in [2.45, 2.75) is 44.0 Å². The average Bonchev–Trinajstić information content (AvgIpc) is 2.75. The number of hydrogen-bond acceptors (Lipinski definition) is 4. The molecule has 0 atom stereocenters. The zero-order valence-corrected chi connectivity index (χ0v) is 19.7. The molecule has 31 heavy (non-hydrogen) atoms. The lowest BCUT2D eigenvalue weighted by Gasteiger charge is -2.35. The molecule has 1 aliphatic heterocycles. The number of rotatable bonds is 7. The number of likely N-dealkylation sites (tertiary alicyclic amines) is 1. The van der Waals surface area contributed by atoms with Gasteiger partial charge in [0.2, 0.25) is 5.91 Å². The quantitative estimate of drug-likeness (QED) is 0.658. The second-order valence-corrected chi connectivity index (χ2v) is 10.4. The van der Waals surface area contributed by atoms with Crippen LogP contribution in [0.1, 0.15) is 30.4 Å². The van der Waals surface area contributed by atoms with Crippen LogP contribution in [0.2, 0.25) is 0 Å². The highest BCUT2D eigenvalue weighted by Crippen LogP contribution is 2.25. The maximum absolute atomic E-state index is 13.4. The molecule has 0 bridgehead atoms. The molecular weight excluding hydrogens is 410 g/mol. The van der Waals surface area contributed by atoms with Crippen molar-refractivity contribution >= 4 is 21.6 Å². The maximum Gasteiger partial charge on any atom is 0.264 e. The molecular formula is C24H33N3O3S. The SMILES string of the molecule is Cc1ccc(N(CCC(=O)N(C)C2CCN(C)CC2)S(=O)(=O)c2ccc(C)cc2)cc1. The van der Waals surface area contributed by atoms with Gasteiger partial charge in [0.05, 0.1) is 10.6 Å². The fraction of sp³-hybridized carbons (Fsp3) is 0.458. The van der Waals surface area contributed by atoms with Crippen molar-refractivity contribution in [3.63, 3.8) is 0 Å². The number of nitrogens with zero attached hydrogens (tertiary/aromatic N) is 3. The largest absolute Gasteiger partial charge is 0.343 e. The van der Waals surface area contributed by atoms with Crippen molar-refractivity contribution in [1.29, 1.82) is 0 Å². The summed E-state index contributed by atoms with van der Waals surface area (Å²) in [4.78, 5) is 17.2. The minimum absolute atomic E-state index is 0.0224. The molecule has 1 amide bonds. The van der Waals surface area contributed by atoms with Crippen LogP contribution in [0.5, 0.6) is 0 Å². The molecule has 2 aromatic carbocycles. The van der Waals surface area contributed by atoms with Gasteiger partial charge in [-0.25, -0.2) is 8.42 Å². The van der Waals surface area contributed by atoms with Gasteiger partial charge in [0.1, 0.15) is 0 Å². The third-order valence-electron chi connectivity index (χ3n) is 6.09. The van der Waals surface area contributed by atoms with Crippen LogP contribution in [0, 0.1) is 13.8 Å². The molecule has 3 rings (SSSR count). The van der Waals surface area contributed by atoms with E-state index < -0.39 is 10.0 Å². The van der Waals surface area contributed by atoms with E-state index in [1.165, 1.54) is 4.31 Å². The van der Waals surface area contributed by atoms with E-state index in [-0.39, 0.29) is 29.8 Å². The van der Waals surface area contributed by atoms with Crippen LogP contribution in [-0.4, -0.2) is 63.9 Å². The summed E-state index contributed by atoms with van der Waals surface area (Å²) in [7, 11) is 0.146. The van der Waals surface area contributed by atoms with Crippen LogP contribution in [-0.2, 0) is 14.8 Å². The normalized spacial score (nSPS) is 15.6. The van der Waals surface area contributed by atoms with Crippen LogP contribution in [0.4, 0.5) is 5.69 Å². The monoisotopic (exact) mass is 443 g/mol.